The zero-order chi connectivity index (χ0) is 18.3. The Balaban J connectivity index is 1.71. The molecule has 1 amide bonds. The number of pyridine rings is 1. The number of aromatic hydroxyl groups is 1. The van der Waals surface area contributed by atoms with Gasteiger partial charge in [-0.1, -0.05) is 11.6 Å². The van der Waals surface area contributed by atoms with Crippen LogP contribution in [0.5, 0.6) is 5.75 Å². The van der Waals surface area contributed by atoms with Crippen LogP contribution in [0.1, 0.15) is 10.4 Å². The van der Waals surface area contributed by atoms with Crippen LogP contribution in [0.3, 0.4) is 0 Å². The number of phenolic OH excluding ortho intramolecular Hbond substituents is 1. The van der Waals surface area contributed by atoms with Crippen LogP contribution in [0.4, 0.5) is 5.69 Å². The van der Waals surface area contributed by atoms with Crippen molar-refractivity contribution in [3.8, 4) is 17.0 Å². The van der Waals surface area contributed by atoms with Gasteiger partial charge in [-0.25, -0.2) is 0 Å². The Morgan fingerprint density at radius 2 is 2.19 bits per heavy atom. The van der Waals surface area contributed by atoms with Gasteiger partial charge in [0.2, 0.25) is 0 Å². The maximum Gasteiger partial charge on any atom is 0.259 e. The van der Waals surface area contributed by atoms with Gasteiger partial charge in [-0.3, -0.25) is 19.6 Å². The van der Waals surface area contributed by atoms with E-state index in [9.17, 15) is 9.90 Å². The number of H-pyrrole nitrogens is 1. The number of phenols is 1. The van der Waals surface area contributed by atoms with Crippen LogP contribution in [-0.4, -0.2) is 36.0 Å². The van der Waals surface area contributed by atoms with Crippen molar-refractivity contribution in [3.05, 3.63) is 53.6 Å². The predicted octanol–water partition coefficient (Wildman–Crippen LogP) is 2.97. The molecular weight excluding hydrogens is 356 g/mol. The van der Waals surface area contributed by atoms with E-state index in [0.29, 0.717) is 33.0 Å². The van der Waals surface area contributed by atoms with Crippen LogP contribution in [0.25, 0.3) is 22.2 Å². The SMILES string of the molecule is Cn1cc2cncc(C(=O)Nc3c[nH]nc3-c3cc(Cl)ccc3O)c2n1. The van der Waals surface area contributed by atoms with E-state index in [2.05, 4.69) is 25.6 Å². The average molecular weight is 369 g/mol. The summed E-state index contributed by atoms with van der Waals surface area (Å²) in [6.07, 6.45) is 6.42. The zero-order valence-electron chi connectivity index (χ0n) is 13.6. The lowest BCUT2D eigenvalue weighted by atomic mass is 10.1. The van der Waals surface area contributed by atoms with E-state index in [1.807, 2.05) is 0 Å². The van der Waals surface area contributed by atoms with E-state index in [4.69, 9.17) is 11.6 Å². The molecule has 0 bridgehead atoms. The molecule has 0 fully saturated rings. The van der Waals surface area contributed by atoms with Crippen molar-refractivity contribution in [2.24, 2.45) is 7.05 Å². The van der Waals surface area contributed by atoms with Gasteiger partial charge < -0.3 is 10.4 Å². The smallest absolute Gasteiger partial charge is 0.259 e. The van der Waals surface area contributed by atoms with Gasteiger partial charge in [-0.05, 0) is 18.2 Å². The number of nitrogens with one attached hydrogen (secondary N) is 2. The molecule has 0 saturated heterocycles. The van der Waals surface area contributed by atoms with Crippen molar-refractivity contribution in [1.82, 2.24) is 25.0 Å². The molecule has 26 heavy (non-hydrogen) atoms. The first-order valence-corrected chi connectivity index (χ1v) is 8.02. The van der Waals surface area contributed by atoms with Crippen molar-refractivity contribution in [2.75, 3.05) is 5.32 Å². The molecule has 3 N–H and O–H groups in total. The lowest BCUT2D eigenvalue weighted by Crippen LogP contribution is -2.13. The first-order valence-electron chi connectivity index (χ1n) is 7.64. The standard InChI is InChI=1S/C17H13ClN6O2/c1-24-8-9-5-19-6-12(15(9)23-24)17(26)21-13-7-20-22-16(13)11-4-10(18)2-3-14(11)25/h2-8,25H,1H3,(H,20,22)(H,21,26). The molecule has 3 heterocycles. The average Bonchev–Trinajstić information content (AvgIpc) is 3.21. The Labute approximate surface area is 152 Å². The number of halogens is 1. The number of nitrogens with zero attached hydrogens (tertiary/aromatic N) is 4. The molecule has 0 aliphatic rings. The molecule has 3 aromatic heterocycles. The number of aromatic nitrogens is 5. The molecule has 0 unspecified atom stereocenters. The second-order valence-corrected chi connectivity index (χ2v) is 6.13. The third-order valence-corrected chi connectivity index (χ3v) is 4.11. The number of anilines is 1. The summed E-state index contributed by atoms with van der Waals surface area (Å²) in [6.45, 7) is 0. The molecule has 0 aliphatic heterocycles. The lowest BCUT2D eigenvalue weighted by molar-refractivity contribution is 0.102. The summed E-state index contributed by atoms with van der Waals surface area (Å²) in [7, 11) is 1.78. The lowest BCUT2D eigenvalue weighted by Gasteiger charge is -2.07. The van der Waals surface area contributed by atoms with E-state index in [1.54, 1.807) is 36.3 Å². The molecule has 0 saturated carbocycles. The molecule has 0 atom stereocenters. The van der Waals surface area contributed by atoms with Crippen molar-refractivity contribution in [2.45, 2.75) is 0 Å². The fourth-order valence-electron chi connectivity index (χ4n) is 2.71. The van der Waals surface area contributed by atoms with Crippen LogP contribution >= 0.6 is 11.6 Å². The first kappa shape index (κ1) is 16.1. The summed E-state index contributed by atoms with van der Waals surface area (Å²) in [5, 5.41) is 25.2. The van der Waals surface area contributed by atoms with Crippen molar-refractivity contribution in [1.29, 1.82) is 0 Å². The van der Waals surface area contributed by atoms with E-state index in [1.165, 1.54) is 18.5 Å². The van der Waals surface area contributed by atoms with E-state index in [-0.39, 0.29) is 11.7 Å². The molecule has 9 heteroatoms. The van der Waals surface area contributed by atoms with Crippen LogP contribution in [-0.2, 0) is 7.05 Å². The van der Waals surface area contributed by atoms with Crippen LogP contribution in [0, 0.1) is 0 Å². The number of carbonyl (C=O) groups excluding carboxylic acids is 1. The Hall–Kier alpha value is -3.39. The van der Waals surface area contributed by atoms with Gasteiger partial charge in [0, 0.05) is 47.8 Å². The van der Waals surface area contributed by atoms with Gasteiger partial charge in [0.25, 0.3) is 5.91 Å². The molecular formula is C17H13ClN6O2. The third kappa shape index (κ3) is 2.76. The quantitative estimate of drug-likeness (QED) is 0.515. The molecule has 8 nitrogen and oxygen atoms in total. The summed E-state index contributed by atoms with van der Waals surface area (Å²) in [5.74, 6) is -0.378. The van der Waals surface area contributed by atoms with E-state index < -0.39 is 0 Å². The normalized spacial score (nSPS) is 11.0. The minimum absolute atomic E-state index is 0.00509. The molecule has 1 aromatic carbocycles. The number of benzene rings is 1. The number of aryl methyl sites for hydroxylation is 1. The van der Waals surface area contributed by atoms with Gasteiger partial charge >= 0.3 is 0 Å². The summed E-state index contributed by atoms with van der Waals surface area (Å²) < 4.78 is 1.62. The van der Waals surface area contributed by atoms with Crippen molar-refractivity contribution < 1.29 is 9.90 Å². The largest absolute Gasteiger partial charge is 0.507 e. The summed E-state index contributed by atoms with van der Waals surface area (Å²) in [4.78, 5) is 16.8. The summed E-state index contributed by atoms with van der Waals surface area (Å²) in [5.41, 5.74) is 2.07. The highest BCUT2D eigenvalue weighted by Gasteiger charge is 2.18. The zero-order valence-corrected chi connectivity index (χ0v) is 14.3. The fourth-order valence-corrected chi connectivity index (χ4v) is 2.88. The summed E-state index contributed by atoms with van der Waals surface area (Å²) in [6, 6.07) is 4.61. The van der Waals surface area contributed by atoms with Gasteiger partial charge in [0.1, 0.15) is 17.0 Å². The van der Waals surface area contributed by atoms with Gasteiger partial charge in [0.05, 0.1) is 11.3 Å². The van der Waals surface area contributed by atoms with Crippen LogP contribution in [0.2, 0.25) is 5.02 Å². The minimum Gasteiger partial charge on any atom is -0.507 e. The molecule has 0 radical (unpaired) electrons. The highest BCUT2D eigenvalue weighted by atomic mass is 35.5. The molecule has 0 aliphatic carbocycles. The van der Waals surface area contributed by atoms with E-state index >= 15 is 0 Å². The fraction of sp³-hybridized carbons (Fsp3) is 0.0588. The molecule has 4 rings (SSSR count). The second-order valence-electron chi connectivity index (χ2n) is 5.69. The maximum absolute atomic E-state index is 12.7. The Kier molecular flexibility index (Phi) is 3.81. The highest BCUT2D eigenvalue weighted by molar-refractivity contribution is 6.31. The van der Waals surface area contributed by atoms with Crippen molar-refractivity contribution >= 4 is 34.1 Å². The number of fused-ring (bicyclic) bond motifs is 1. The Morgan fingerprint density at radius 1 is 1.35 bits per heavy atom. The van der Waals surface area contributed by atoms with Gasteiger partial charge in [-0.15, -0.1) is 0 Å². The van der Waals surface area contributed by atoms with Crippen molar-refractivity contribution in [3.63, 3.8) is 0 Å². The van der Waals surface area contributed by atoms with Crippen LogP contribution in [0.15, 0.2) is 43.0 Å². The first-order chi connectivity index (χ1) is 12.5. The van der Waals surface area contributed by atoms with E-state index in [0.717, 1.165) is 5.39 Å². The minimum atomic E-state index is -0.383. The van der Waals surface area contributed by atoms with Crippen LogP contribution < -0.4 is 5.32 Å². The highest BCUT2D eigenvalue weighted by Crippen LogP contribution is 2.34. The Bertz CT molecular complexity index is 1130. The maximum atomic E-state index is 12.7. The number of hydrogen-bond acceptors (Lipinski definition) is 5. The number of aromatic amines is 1. The number of carbonyl (C=O) groups is 1. The Morgan fingerprint density at radius 3 is 3.04 bits per heavy atom. The molecule has 0 spiro atoms. The predicted molar refractivity (Wildman–Crippen MR) is 97.2 cm³/mol. The monoisotopic (exact) mass is 368 g/mol. The number of amides is 1. The molecule has 4 aromatic rings. The number of hydrogen-bond donors (Lipinski definition) is 3. The van der Waals surface area contributed by atoms with Gasteiger partial charge in [-0.2, -0.15) is 10.2 Å². The molecule has 130 valence electrons. The second kappa shape index (κ2) is 6.16. The van der Waals surface area contributed by atoms with Gasteiger partial charge in [0.15, 0.2) is 0 Å². The topological polar surface area (TPSA) is 109 Å². The summed E-state index contributed by atoms with van der Waals surface area (Å²) >= 11 is 6.00. The number of rotatable bonds is 3. The third-order valence-electron chi connectivity index (χ3n) is 3.88.